The van der Waals surface area contributed by atoms with E-state index in [9.17, 15) is 0 Å². The molecule has 402 valence electrons. The van der Waals surface area contributed by atoms with Crippen molar-refractivity contribution in [1.82, 2.24) is 9.97 Å². The summed E-state index contributed by atoms with van der Waals surface area (Å²) >= 11 is 0. The number of para-hydroxylation sites is 10. The molecule has 0 aliphatic carbocycles. The van der Waals surface area contributed by atoms with Crippen LogP contribution in [0.15, 0.2) is 315 Å². The van der Waals surface area contributed by atoms with Crippen LogP contribution in [0, 0.1) is 0 Å². The summed E-state index contributed by atoms with van der Waals surface area (Å²) in [4.78, 5) is 26.4. The topological polar surface area (TPSA) is 45.2 Å². The van der Waals surface area contributed by atoms with Gasteiger partial charge in [-0.15, -0.1) is 0 Å². The van der Waals surface area contributed by atoms with E-state index >= 15 is 0 Å². The number of hydrogen-bond acceptors (Lipinski definition) is 8. The lowest BCUT2D eigenvalue weighted by Crippen LogP contribution is -2.65. The molecule has 0 spiro atoms. The molecule has 86 heavy (non-hydrogen) atoms. The van der Waals surface area contributed by atoms with Crippen molar-refractivity contribution in [3.05, 3.63) is 315 Å². The van der Waals surface area contributed by atoms with Crippen LogP contribution in [-0.2, 0) is 0 Å². The predicted molar refractivity (Wildman–Crippen MR) is 359 cm³/mol. The lowest BCUT2D eigenvalue weighted by atomic mass is 9.30. The summed E-state index contributed by atoms with van der Waals surface area (Å²) in [6.45, 7) is -0.451. The van der Waals surface area contributed by atoms with E-state index in [0.29, 0.717) is 0 Å². The van der Waals surface area contributed by atoms with Gasteiger partial charge in [0.25, 0.3) is 13.4 Å². The van der Waals surface area contributed by atoms with Crippen LogP contribution >= 0.6 is 0 Å². The average Bonchev–Trinajstić information content (AvgIpc) is 0.706. The van der Waals surface area contributed by atoms with Crippen LogP contribution < -0.4 is 62.2 Å². The number of aromatic nitrogens is 2. The molecule has 2 aromatic heterocycles. The molecule has 13 aromatic rings. The van der Waals surface area contributed by atoms with E-state index in [1.165, 1.54) is 21.9 Å². The smallest absolute Gasteiger partial charge is 0.254 e. The number of nitrogens with zero attached hydrogens (tertiary/aromatic N) is 8. The summed E-state index contributed by atoms with van der Waals surface area (Å²) in [6.07, 6.45) is 0. The van der Waals surface area contributed by atoms with Gasteiger partial charge in [-0.2, -0.15) is 0 Å². The largest absolute Gasteiger partial charge is 0.311 e. The Kier molecular flexibility index (Phi) is 11.6. The molecule has 0 saturated carbocycles. The molecular formula is C76H52B2N8. The van der Waals surface area contributed by atoms with Crippen LogP contribution in [0.5, 0.6) is 0 Å². The number of pyridine rings is 2. The van der Waals surface area contributed by atoms with Crippen molar-refractivity contribution >= 4 is 149 Å². The van der Waals surface area contributed by atoms with Crippen LogP contribution in [-0.4, -0.2) is 23.4 Å². The van der Waals surface area contributed by atoms with E-state index in [2.05, 4.69) is 345 Å². The molecule has 0 bridgehead atoms. The summed E-state index contributed by atoms with van der Waals surface area (Å²) in [5, 5.41) is 0. The summed E-state index contributed by atoms with van der Waals surface area (Å²) in [5.74, 6) is 3.34. The van der Waals surface area contributed by atoms with Crippen molar-refractivity contribution in [2.75, 3.05) is 29.4 Å². The quantitative estimate of drug-likeness (QED) is 0.126. The van der Waals surface area contributed by atoms with Gasteiger partial charge in [0.1, 0.15) is 23.3 Å². The minimum atomic E-state index is -0.226. The fraction of sp³-hybridized carbons (Fsp3) is 0. The normalized spacial score (nSPS) is 13.0. The first kappa shape index (κ1) is 49.3. The maximum absolute atomic E-state index is 6.04. The highest BCUT2D eigenvalue weighted by molar-refractivity contribution is 7.03. The highest BCUT2D eigenvalue weighted by Crippen LogP contribution is 2.51. The number of benzene rings is 11. The van der Waals surface area contributed by atoms with Gasteiger partial charge in [-0.3, -0.25) is 19.6 Å². The van der Waals surface area contributed by atoms with E-state index in [1.807, 2.05) is 0 Å². The highest BCUT2D eigenvalue weighted by Gasteiger charge is 2.50. The molecule has 8 nitrogen and oxygen atoms in total. The van der Waals surface area contributed by atoms with Gasteiger partial charge in [0.05, 0.1) is 0 Å². The van der Waals surface area contributed by atoms with Crippen molar-refractivity contribution in [3.8, 4) is 0 Å². The molecule has 0 N–H and O–H groups in total. The van der Waals surface area contributed by atoms with Crippen molar-refractivity contribution in [2.45, 2.75) is 0 Å². The molecule has 17 rings (SSSR count). The van der Waals surface area contributed by atoms with Crippen LogP contribution in [0.4, 0.5) is 103 Å². The number of rotatable bonds is 10. The molecule has 0 atom stereocenters. The predicted octanol–water partition coefficient (Wildman–Crippen LogP) is 15.6. The second kappa shape index (κ2) is 20.2. The van der Waals surface area contributed by atoms with Gasteiger partial charge in [0, 0.05) is 91.8 Å². The summed E-state index contributed by atoms with van der Waals surface area (Å²) in [7, 11) is 0. The van der Waals surface area contributed by atoms with E-state index in [4.69, 9.17) is 9.97 Å². The van der Waals surface area contributed by atoms with E-state index in [1.54, 1.807) is 0 Å². The number of hydrogen-bond donors (Lipinski definition) is 0. The third-order valence-corrected chi connectivity index (χ3v) is 17.3. The van der Waals surface area contributed by atoms with Crippen molar-refractivity contribution < 1.29 is 0 Å². The van der Waals surface area contributed by atoms with Crippen molar-refractivity contribution in [2.24, 2.45) is 0 Å². The second-order valence-corrected chi connectivity index (χ2v) is 22.1. The lowest BCUT2D eigenvalue weighted by Gasteiger charge is -2.47. The zero-order valence-corrected chi connectivity index (χ0v) is 46.8. The Morgan fingerprint density at radius 3 is 0.884 bits per heavy atom. The lowest BCUT2D eigenvalue weighted by molar-refractivity contribution is 1.12. The Bertz CT molecular complexity index is 4310. The molecule has 0 amide bonds. The monoisotopic (exact) mass is 1100 g/mol. The van der Waals surface area contributed by atoms with Gasteiger partial charge in [-0.1, -0.05) is 188 Å². The molecule has 0 radical (unpaired) electrons. The Labute approximate surface area is 501 Å². The summed E-state index contributed by atoms with van der Waals surface area (Å²) in [5.41, 5.74) is 21.7. The van der Waals surface area contributed by atoms with E-state index in [-0.39, 0.29) is 13.4 Å². The van der Waals surface area contributed by atoms with Crippen LogP contribution in [0.25, 0.3) is 0 Å². The molecule has 0 saturated heterocycles. The zero-order valence-electron chi connectivity index (χ0n) is 46.8. The molecule has 0 fully saturated rings. The molecule has 10 heteroatoms. The Morgan fingerprint density at radius 1 is 0.233 bits per heavy atom. The first-order valence-electron chi connectivity index (χ1n) is 29.4. The van der Waals surface area contributed by atoms with Crippen molar-refractivity contribution in [1.29, 1.82) is 0 Å². The van der Waals surface area contributed by atoms with Crippen LogP contribution in [0.1, 0.15) is 0 Å². The van der Waals surface area contributed by atoms with Crippen LogP contribution in [0.3, 0.4) is 0 Å². The maximum Gasteiger partial charge on any atom is 0.254 e. The molecule has 6 heterocycles. The van der Waals surface area contributed by atoms with Gasteiger partial charge >= 0.3 is 0 Å². The first-order chi connectivity index (χ1) is 42.7. The molecule has 4 aliphatic heterocycles. The van der Waals surface area contributed by atoms with Gasteiger partial charge in [0.15, 0.2) is 0 Å². The Balaban J connectivity index is 0.995. The third-order valence-electron chi connectivity index (χ3n) is 17.3. The Morgan fingerprint density at radius 2 is 0.512 bits per heavy atom. The Hall–Kier alpha value is -11.4. The van der Waals surface area contributed by atoms with Gasteiger partial charge < -0.3 is 9.80 Å². The van der Waals surface area contributed by atoms with Crippen molar-refractivity contribution in [3.63, 3.8) is 0 Å². The maximum atomic E-state index is 6.04. The molecule has 0 unspecified atom stereocenters. The SMILES string of the molecule is c1ccc(N(c2ccccc2)c2cc3c4c(n2)N(c2ccccc2)c2ccccc2B4c2cc4c(cc2N3c2ccccc2)N(c2ccccc2)c2nc(N(c3ccccc3)c3ccccc3)cc3c2B4c2ccccc2N3c2ccccc2)cc1. The average molecular weight is 1100 g/mol. The highest BCUT2D eigenvalue weighted by atomic mass is 15.3. The van der Waals surface area contributed by atoms with E-state index in [0.717, 1.165) is 114 Å². The molecule has 4 aliphatic rings. The molecular weight excluding hydrogens is 1050 g/mol. The minimum Gasteiger partial charge on any atom is -0.311 e. The second-order valence-electron chi connectivity index (χ2n) is 22.1. The number of anilines is 18. The van der Waals surface area contributed by atoms with Crippen LogP contribution in [0.2, 0.25) is 0 Å². The number of fused-ring (bicyclic) bond motifs is 8. The standard InChI is InChI=1S/C76H52B2N8/c1-9-29-53(30-10-1)81(54-31-11-2-12-32-54)71-51-69-73-76(80-71)86(60-43-23-8-24-44-60)68-50-67-63(49-64(68)77(73)61-45-25-27-47-65(61)83(69)57-37-17-5-18-38-57)78-62-46-26-28-48-66(62)85(59-41-21-7-22-42-59)75-74(78)70(84(67)58-39-19-6-20-40-58)52-72(79-75)82(55-33-13-3-14-34-55)56-35-15-4-16-36-56/h1-52H. The van der Waals surface area contributed by atoms with Gasteiger partial charge in [-0.25, -0.2) is 9.97 Å². The molecule has 11 aromatic carbocycles. The summed E-state index contributed by atoms with van der Waals surface area (Å²) in [6, 6.07) is 114. The minimum absolute atomic E-state index is 0.226. The van der Waals surface area contributed by atoms with Gasteiger partial charge in [0.2, 0.25) is 0 Å². The fourth-order valence-corrected chi connectivity index (χ4v) is 13.8. The third kappa shape index (κ3) is 7.80. The first-order valence-corrected chi connectivity index (χ1v) is 29.4. The zero-order chi connectivity index (χ0) is 56.7. The fourth-order valence-electron chi connectivity index (χ4n) is 13.8. The van der Waals surface area contributed by atoms with E-state index < -0.39 is 0 Å². The summed E-state index contributed by atoms with van der Waals surface area (Å²) < 4.78 is 0. The van der Waals surface area contributed by atoms with Gasteiger partial charge in [-0.05, 0) is 148 Å².